The Morgan fingerprint density at radius 1 is 1.12 bits per heavy atom. The molecule has 0 aromatic carbocycles. The number of hydrogen-bond donors (Lipinski definition) is 0. The number of ether oxygens (including phenoxy) is 3. The Labute approximate surface area is 143 Å². The molecular formula is C18H26O6. The molecule has 6 heteroatoms. The van der Waals surface area contributed by atoms with Crippen LogP contribution in [0.1, 0.15) is 47.5 Å². The zero-order valence-corrected chi connectivity index (χ0v) is 15.1. The molecule has 0 aliphatic rings. The van der Waals surface area contributed by atoms with Crippen LogP contribution >= 0.6 is 0 Å². The van der Waals surface area contributed by atoms with Gasteiger partial charge in [0, 0.05) is 13.3 Å². The van der Waals surface area contributed by atoms with E-state index >= 15 is 0 Å². The van der Waals surface area contributed by atoms with Crippen molar-refractivity contribution in [3.05, 3.63) is 12.2 Å². The van der Waals surface area contributed by atoms with E-state index in [4.69, 9.17) is 14.2 Å². The van der Waals surface area contributed by atoms with Crippen LogP contribution in [-0.4, -0.2) is 37.2 Å². The molecule has 0 aliphatic heterocycles. The van der Waals surface area contributed by atoms with E-state index in [9.17, 15) is 14.4 Å². The normalized spacial score (nSPS) is 11.5. The molecule has 0 aromatic rings. The Balaban J connectivity index is 4.94. The van der Waals surface area contributed by atoms with Crippen LogP contribution in [0.15, 0.2) is 12.2 Å². The van der Waals surface area contributed by atoms with Crippen LogP contribution in [0.2, 0.25) is 0 Å². The molecule has 0 fully saturated rings. The van der Waals surface area contributed by atoms with Crippen molar-refractivity contribution in [2.45, 2.75) is 53.6 Å². The Morgan fingerprint density at radius 3 is 2.04 bits per heavy atom. The van der Waals surface area contributed by atoms with Crippen LogP contribution < -0.4 is 0 Å². The fraction of sp³-hybridized carbons (Fsp3) is 0.611. The van der Waals surface area contributed by atoms with Crippen LogP contribution in [0.5, 0.6) is 0 Å². The lowest BCUT2D eigenvalue weighted by molar-refractivity contribution is -0.170. The summed E-state index contributed by atoms with van der Waals surface area (Å²) in [6, 6.07) is 0. The summed E-state index contributed by atoms with van der Waals surface area (Å²) < 4.78 is 14.9. The zero-order valence-electron chi connectivity index (χ0n) is 15.1. The van der Waals surface area contributed by atoms with Crippen LogP contribution in [-0.2, 0) is 28.6 Å². The summed E-state index contributed by atoms with van der Waals surface area (Å²) in [5.74, 6) is 3.87. The molecule has 0 N–H and O–H groups in total. The summed E-state index contributed by atoms with van der Waals surface area (Å²) in [5, 5.41) is 0. The molecule has 24 heavy (non-hydrogen) atoms. The Bertz CT molecular complexity index is 519. The van der Waals surface area contributed by atoms with E-state index in [2.05, 4.69) is 18.4 Å². The SMILES string of the molecule is C=C(CC#CC(C)OC(C)=O)CC(C)(C(=O)OCC)C(=O)OCC. The fourth-order valence-corrected chi connectivity index (χ4v) is 1.97. The second kappa shape index (κ2) is 10.5. The van der Waals surface area contributed by atoms with Crippen LogP contribution in [0.25, 0.3) is 0 Å². The summed E-state index contributed by atoms with van der Waals surface area (Å²) in [6.07, 6.45) is -0.196. The van der Waals surface area contributed by atoms with Gasteiger partial charge in [-0.05, 0) is 34.1 Å². The van der Waals surface area contributed by atoms with Gasteiger partial charge in [0.2, 0.25) is 0 Å². The minimum Gasteiger partial charge on any atom is -0.465 e. The first-order valence-electron chi connectivity index (χ1n) is 7.84. The van der Waals surface area contributed by atoms with Gasteiger partial charge >= 0.3 is 17.9 Å². The molecule has 0 heterocycles. The number of allylic oxidation sites excluding steroid dienone is 1. The molecule has 0 aliphatic carbocycles. The Hall–Kier alpha value is -2.29. The summed E-state index contributed by atoms with van der Waals surface area (Å²) in [6.45, 7) is 12.0. The standard InChI is InChI=1S/C18H26O6/c1-7-22-16(20)18(6,17(21)23-8-2)12-13(3)10-9-11-14(4)24-15(5)19/h14H,3,7-8,10,12H2,1-2,4-6H3. The van der Waals surface area contributed by atoms with Gasteiger partial charge in [-0.25, -0.2) is 0 Å². The minimum absolute atomic E-state index is 0.0707. The third-order valence-electron chi connectivity index (χ3n) is 3.04. The molecule has 0 bridgehead atoms. The first-order valence-corrected chi connectivity index (χ1v) is 7.84. The summed E-state index contributed by atoms with van der Waals surface area (Å²) in [4.78, 5) is 35.1. The van der Waals surface area contributed by atoms with Gasteiger partial charge < -0.3 is 14.2 Å². The monoisotopic (exact) mass is 338 g/mol. The van der Waals surface area contributed by atoms with Gasteiger partial charge in [-0.3, -0.25) is 14.4 Å². The number of rotatable bonds is 8. The van der Waals surface area contributed by atoms with Gasteiger partial charge in [0.1, 0.15) is 0 Å². The lowest BCUT2D eigenvalue weighted by Gasteiger charge is -2.25. The van der Waals surface area contributed by atoms with Gasteiger partial charge in [-0.2, -0.15) is 0 Å². The molecule has 1 unspecified atom stereocenters. The molecule has 1 atom stereocenters. The van der Waals surface area contributed by atoms with Crippen LogP contribution in [0, 0.1) is 17.3 Å². The first-order chi connectivity index (χ1) is 11.2. The van der Waals surface area contributed by atoms with Gasteiger partial charge in [-0.15, -0.1) is 0 Å². The number of esters is 3. The molecule has 134 valence electrons. The van der Waals surface area contributed by atoms with Crippen LogP contribution in [0.3, 0.4) is 0 Å². The number of carbonyl (C=O) groups excluding carboxylic acids is 3. The van der Waals surface area contributed by atoms with Crippen molar-refractivity contribution in [2.24, 2.45) is 5.41 Å². The van der Waals surface area contributed by atoms with Crippen molar-refractivity contribution in [3.8, 4) is 11.8 Å². The summed E-state index contributed by atoms with van der Waals surface area (Å²) in [5.41, 5.74) is -0.868. The third-order valence-corrected chi connectivity index (χ3v) is 3.04. The average Bonchev–Trinajstić information content (AvgIpc) is 2.46. The van der Waals surface area contributed by atoms with Crippen molar-refractivity contribution in [2.75, 3.05) is 13.2 Å². The van der Waals surface area contributed by atoms with E-state index in [0.717, 1.165) is 0 Å². The first kappa shape index (κ1) is 21.7. The molecule has 0 saturated heterocycles. The van der Waals surface area contributed by atoms with Gasteiger partial charge in [0.05, 0.1) is 13.2 Å². The van der Waals surface area contributed by atoms with Crippen molar-refractivity contribution < 1.29 is 28.6 Å². The highest BCUT2D eigenvalue weighted by Crippen LogP contribution is 2.30. The summed E-state index contributed by atoms with van der Waals surface area (Å²) >= 11 is 0. The van der Waals surface area contributed by atoms with E-state index < -0.39 is 29.4 Å². The molecule has 0 aromatic heterocycles. The molecule has 0 saturated carbocycles. The lowest BCUT2D eigenvalue weighted by atomic mass is 9.83. The third kappa shape index (κ3) is 7.32. The van der Waals surface area contributed by atoms with Crippen molar-refractivity contribution >= 4 is 17.9 Å². The van der Waals surface area contributed by atoms with Crippen molar-refractivity contribution in [1.82, 2.24) is 0 Å². The second-order valence-electron chi connectivity index (χ2n) is 5.45. The molecule has 0 amide bonds. The maximum absolute atomic E-state index is 12.2. The van der Waals surface area contributed by atoms with Gasteiger partial charge in [0.15, 0.2) is 11.5 Å². The molecule has 0 rings (SSSR count). The molecular weight excluding hydrogens is 312 g/mol. The Kier molecular flexibility index (Phi) is 9.48. The maximum atomic E-state index is 12.2. The van der Waals surface area contributed by atoms with Crippen molar-refractivity contribution in [1.29, 1.82) is 0 Å². The van der Waals surface area contributed by atoms with Crippen LogP contribution in [0.4, 0.5) is 0 Å². The van der Waals surface area contributed by atoms with E-state index in [-0.39, 0.29) is 26.1 Å². The van der Waals surface area contributed by atoms with E-state index in [0.29, 0.717) is 5.57 Å². The topological polar surface area (TPSA) is 78.9 Å². The Morgan fingerprint density at radius 2 is 1.62 bits per heavy atom. The predicted molar refractivity (Wildman–Crippen MR) is 88.8 cm³/mol. The molecule has 0 radical (unpaired) electrons. The smallest absolute Gasteiger partial charge is 0.323 e. The lowest BCUT2D eigenvalue weighted by Crippen LogP contribution is -2.39. The maximum Gasteiger partial charge on any atom is 0.323 e. The van der Waals surface area contributed by atoms with E-state index in [1.165, 1.54) is 13.8 Å². The zero-order chi connectivity index (χ0) is 18.8. The highest BCUT2D eigenvalue weighted by atomic mass is 16.6. The second-order valence-corrected chi connectivity index (χ2v) is 5.45. The minimum atomic E-state index is -1.45. The quantitative estimate of drug-likeness (QED) is 0.222. The largest absolute Gasteiger partial charge is 0.465 e. The fourth-order valence-electron chi connectivity index (χ4n) is 1.97. The van der Waals surface area contributed by atoms with E-state index in [1.54, 1.807) is 20.8 Å². The number of hydrogen-bond acceptors (Lipinski definition) is 6. The van der Waals surface area contributed by atoms with E-state index in [1.807, 2.05) is 0 Å². The number of carbonyl (C=O) groups is 3. The molecule has 6 nitrogen and oxygen atoms in total. The highest BCUT2D eigenvalue weighted by molar-refractivity contribution is 5.99. The van der Waals surface area contributed by atoms with Gasteiger partial charge in [-0.1, -0.05) is 24.0 Å². The highest BCUT2D eigenvalue weighted by Gasteiger charge is 2.44. The molecule has 0 spiro atoms. The van der Waals surface area contributed by atoms with Crippen molar-refractivity contribution in [3.63, 3.8) is 0 Å². The van der Waals surface area contributed by atoms with Gasteiger partial charge in [0.25, 0.3) is 0 Å². The summed E-state index contributed by atoms with van der Waals surface area (Å²) in [7, 11) is 0. The average molecular weight is 338 g/mol. The predicted octanol–water partition coefficient (Wildman–Crippen LogP) is 2.41.